The lowest BCUT2D eigenvalue weighted by atomic mass is 10.2. The van der Waals surface area contributed by atoms with Crippen LogP contribution >= 0.6 is 27.3 Å². The topological polar surface area (TPSA) is 63.4 Å². The molecule has 2 N–H and O–H groups in total. The van der Waals surface area contributed by atoms with Gasteiger partial charge in [0.2, 0.25) is 10.0 Å². The smallest absolute Gasteiger partial charge is 0.246 e. The van der Waals surface area contributed by atoms with E-state index in [4.69, 9.17) is 5.73 Å². The van der Waals surface area contributed by atoms with E-state index in [1.807, 2.05) is 11.4 Å². The summed E-state index contributed by atoms with van der Waals surface area (Å²) in [7, 11) is -2.52. The van der Waals surface area contributed by atoms with Crippen LogP contribution in [0, 0.1) is 12.7 Å². The molecule has 8 heteroatoms. The summed E-state index contributed by atoms with van der Waals surface area (Å²) in [4.78, 5) is -0.392. The third-order valence-electron chi connectivity index (χ3n) is 2.96. The van der Waals surface area contributed by atoms with Crippen LogP contribution in [0.4, 0.5) is 10.1 Å². The Hall–Kier alpha value is -0.960. The predicted octanol–water partition coefficient (Wildman–Crippen LogP) is 3.36. The zero-order valence-corrected chi connectivity index (χ0v) is 14.6. The fourth-order valence-corrected chi connectivity index (χ4v) is 4.42. The first kappa shape index (κ1) is 16.4. The molecule has 0 fully saturated rings. The number of anilines is 1. The summed E-state index contributed by atoms with van der Waals surface area (Å²) in [5, 5.41) is 1.84. The summed E-state index contributed by atoms with van der Waals surface area (Å²) >= 11 is 4.78. The fourth-order valence-electron chi connectivity index (χ4n) is 1.89. The van der Waals surface area contributed by atoms with Crippen molar-refractivity contribution < 1.29 is 12.8 Å². The Morgan fingerprint density at radius 2 is 2.05 bits per heavy atom. The van der Waals surface area contributed by atoms with E-state index in [1.54, 1.807) is 0 Å². The number of hydrogen-bond donors (Lipinski definition) is 1. The van der Waals surface area contributed by atoms with Gasteiger partial charge in [0.25, 0.3) is 0 Å². The zero-order chi connectivity index (χ0) is 15.8. The Morgan fingerprint density at radius 3 is 2.62 bits per heavy atom. The molecule has 0 aliphatic heterocycles. The lowest BCUT2D eigenvalue weighted by Gasteiger charge is -2.18. The molecule has 1 aromatic heterocycles. The zero-order valence-electron chi connectivity index (χ0n) is 11.4. The molecule has 0 bridgehead atoms. The van der Waals surface area contributed by atoms with Crippen molar-refractivity contribution in [1.82, 2.24) is 4.31 Å². The normalized spacial score (nSPS) is 12.0. The van der Waals surface area contributed by atoms with E-state index in [1.165, 1.54) is 31.4 Å². The van der Waals surface area contributed by atoms with E-state index < -0.39 is 20.7 Å². The summed E-state index contributed by atoms with van der Waals surface area (Å²) in [5.74, 6) is -0.762. The third kappa shape index (κ3) is 3.45. The maximum atomic E-state index is 14.1. The molecule has 114 valence electrons. The Bertz CT molecular complexity index is 774. The maximum absolute atomic E-state index is 14.1. The minimum absolute atomic E-state index is 0.164. The number of aryl methyl sites for hydroxylation is 1. The number of thiophene rings is 1. The van der Waals surface area contributed by atoms with Crippen LogP contribution < -0.4 is 5.73 Å². The predicted molar refractivity (Wildman–Crippen MR) is 86.2 cm³/mol. The number of sulfonamides is 1. The van der Waals surface area contributed by atoms with Crippen molar-refractivity contribution in [3.63, 3.8) is 0 Å². The number of nitrogens with zero attached hydrogens (tertiary/aromatic N) is 1. The average Bonchev–Trinajstić information content (AvgIpc) is 2.79. The number of benzene rings is 1. The Kier molecular flexibility index (Phi) is 4.72. The van der Waals surface area contributed by atoms with Crippen LogP contribution in [0.2, 0.25) is 0 Å². The van der Waals surface area contributed by atoms with Gasteiger partial charge >= 0.3 is 0 Å². The quantitative estimate of drug-likeness (QED) is 0.811. The van der Waals surface area contributed by atoms with Crippen LogP contribution in [0.25, 0.3) is 0 Å². The summed E-state index contributed by atoms with van der Waals surface area (Å²) < 4.78 is 41.1. The van der Waals surface area contributed by atoms with Crippen molar-refractivity contribution in [2.45, 2.75) is 18.4 Å². The minimum Gasteiger partial charge on any atom is -0.399 e. The van der Waals surface area contributed by atoms with Crippen LogP contribution in [0.3, 0.4) is 0 Å². The van der Waals surface area contributed by atoms with Gasteiger partial charge in [-0.3, -0.25) is 0 Å². The second-order valence-electron chi connectivity index (χ2n) is 4.67. The molecule has 0 radical (unpaired) electrons. The SMILES string of the molecule is Cc1cc(N)cc(S(=O)(=O)N(C)Cc2csc(Br)c2)c1F. The molecular formula is C13H14BrFN2O2S2. The van der Waals surface area contributed by atoms with Crippen LogP contribution in [-0.4, -0.2) is 19.8 Å². The highest BCUT2D eigenvalue weighted by Gasteiger charge is 2.26. The largest absolute Gasteiger partial charge is 0.399 e. The summed E-state index contributed by atoms with van der Waals surface area (Å²) in [6, 6.07) is 4.39. The van der Waals surface area contributed by atoms with Gasteiger partial charge in [-0.2, -0.15) is 4.31 Å². The van der Waals surface area contributed by atoms with Crippen LogP contribution in [0.15, 0.2) is 32.3 Å². The van der Waals surface area contributed by atoms with Crippen molar-refractivity contribution >= 4 is 43.0 Å². The average molecular weight is 393 g/mol. The van der Waals surface area contributed by atoms with Gasteiger partial charge in [0.1, 0.15) is 10.7 Å². The van der Waals surface area contributed by atoms with E-state index in [9.17, 15) is 12.8 Å². The van der Waals surface area contributed by atoms with E-state index in [-0.39, 0.29) is 17.8 Å². The van der Waals surface area contributed by atoms with Crippen LogP contribution in [0.5, 0.6) is 0 Å². The molecule has 0 aliphatic carbocycles. The van der Waals surface area contributed by atoms with Crippen molar-refractivity contribution in [2.24, 2.45) is 0 Å². The van der Waals surface area contributed by atoms with Gasteiger partial charge in [0, 0.05) is 19.3 Å². The van der Waals surface area contributed by atoms with Crippen LogP contribution in [-0.2, 0) is 16.6 Å². The third-order valence-corrected chi connectivity index (χ3v) is 6.31. The highest BCUT2D eigenvalue weighted by atomic mass is 79.9. The molecule has 0 unspecified atom stereocenters. The molecule has 1 aromatic carbocycles. The molecule has 4 nitrogen and oxygen atoms in total. The Morgan fingerprint density at radius 1 is 1.38 bits per heavy atom. The van der Waals surface area contributed by atoms with Gasteiger partial charge in [-0.15, -0.1) is 11.3 Å². The van der Waals surface area contributed by atoms with Crippen molar-refractivity contribution in [3.8, 4) is 0 Å². The summed E-state index contributed by atoms with van der Waals surface area (Å²) in [6.45, 7) is 1.65. The van der Waals surface area contributed by atoms with Gasteiger partial charge in [0.15, 0.2) is 0 Å². The molecule has 0 atom stereocenters. The molecule has 1 heterocycles. The van der Waals surface area contributed by atoms with Gasteiger partial charge in [0.05, 0.1) is 3.79 Å². The van der Waals surface area contributed by atoms with Crippen LogP contribution in [0.1, 0.15) is 11.1 Å². The van der Waals surface area contributed by atoms with E-state index in [2.05, 4.69) is 15.9 Å². The molecule has 0 amide bonds. The first-order valence-corrected chi connectivity index (χ1v) is 9.08. The first-order chi connectivity index (χ1) is 9.71. The minimum atomic E-state index is -3.94. The molecule has 0 spiro atoms. The maximum Gasteiger partial charge on any atom is 0.246 e. The molecular weight excluding hydrogens is 379 g/mol. The van der Waals surface area contributed by atoms with Gasteiger partial charge < -0.3 is 5.73 Å². The lowest BCUT2D eigenvalue weighted by molar-refractivity contribution is 0.459. The monoisotopic (exact) mass is 392 g/mol. The number of nitrogens with two attached hydrogens (primary N) is 1. The number of halogens is 2. The second kappa shape index (κ2) is 6.04. The van der Waals surface area contributed by atoms with E-state index in [0.29, 0.717) is 0 Å². The lowest BCUT2D eigenvalue weighted by Crippen LogP contribution is -2.27. The second-order valence-corrected chi connectivity index (χ2v) is 8.97. The highest BCUT2D eigenvalue weighted by molar-refractivity contribution is 9.11. The number of nitrogen functional groups attached to an aromatic ring is 1. The number of hydrogen-bond acceptors (Lipinski definition) is 4. The first-order valence-electron chi connectivity index (χ1n) is 5.96. The molecule has 2 aromatic rings. The molecule has 2 rings (SSSR count). The molecule has 21 heavy (non-hydrogen) atoms. The Labute approximate surface area is 135 Å². The van der Waals surface area contributed by atoms with Crippen molar-refractivity contribution in [1.29, 1.82) is 0 Å². The molecule has 0 aliphatic rings. The van der Waals surface area contributed by atoms with E-state index in [0.717, 1.165) is 19.7 Å². The van der Waals surface area contributed by atoms with Crippen molar-refractivity contribution in [2.75, 3.05) is 12.8 Å². The summed E-state index contributed by atoms with van der Waals surface area (Å²) in [5.41, 5.74) is 6.89. The van der Waals surface area contributed by atoms with E-state index >= 15 is 0 Å². The number of rotatable bonds is 4. The summed E-state index contributed by atoms with van der Waals surface area (Å²) in [6.07, 6.45) is 0. The molecule has 0 saturated carbocycles. The van der Waals surface area contributed by atoms with Gasteiger partial charge in [-0.25, -0.2) is 12.8 Å². The highest BCUT2D eigenvalue weighted by Crippen LogP contribution is 2.27. The fraction of sp³-hybridized carbons (Fsp3) is 0.231. The molecule has 0 saturated heterocycles. The van der Waals surface area contributed by atoms with Gasteiger partial charge in [-0.1, -0.05) is 0 Å². The van der Waals surface area contributed by atoms with Gasteiger partial charge in [-0.05, 0) is 57.6 Å². The van der Waals surface area contributed by atoms with Crippen molar-refractivity contribution in [3.05, 3.63) is 44.3 Å². The standard InChI is InChI=1S/C13H14BrFN2O2S2/c1-8-3-10(16)5-11(13(8)15)21(18,19)17(2)6-9-4-12(14)20-7-9/h3-5,7H,6,16H2,1-2H3. The Balaban J connectivity index is 2.37.